The monoisotopic (exact) mass is 237 g/mol. The van der Waals surface area contributed by atoms with Gasteiger partial charge in [-0.2, -0.15) is 0 Å². The number of carbonyl (C=O) groups excluding carboxylic acids is 1. The van der Waals surface area contributed by atoms with E-state index in [1.54, 1.807) is 5.57 Å². The SMILES string of the molecule is CCC(=CCNCCC1=CCCC1)C(=O)OC. The Kier molecular flexibility index (Phi) is 6.63. The average Bonchev–Trinajstić information content (AvgIpc) is 2.86. The molecule has 0 saturated carbocycles. The van der Waals surface area contributed by atoms with Gasteiger partial charge in [-0.1, -0.05) is 24.6 Å². The minimum absolute atomic E-state index is 0.215. The highest BCUT2D eigenvalue weighted by molar-refractivity contribution is 5.88. The van der Waals surface area contributed by atoms with Crippen molar-refractivity contribution >= 4 is 5.97 Å². The van der Waals surface area contributed by atoms with Gasteiger partial charge in [0.15, 0.2) is 0 Å². The lowest BCUT2D eigenvalue weighted by Crippen LogP contribution is -2.17. The summed E-state index contributed by atoms with van der Waals surface area (Å²) in [6.07, 6.45) is 9.96. The van der Waals surface area contributed by atoms with Crippen molar-refractivity contribution in [3.05, 3.63) is 23.3 Å². The molecule has 0 atom stereocenters. The molecule has 0 fully saturated rings. The van der Waals surface area contributed by atoms with Crippen molar-refractivity contribution in [1.82, 2.24) is 5.32 Å². The predicted molar refractivity (Wildman–Crippen MR) is 69.8 cm³/mol. The number of nitrogens with one attached hydrogen (secondary N) is 1. The number of esters is 1. The van der Waals surface area contributed by atoms with Crippen LogP contribution in [-0.4, -0.2) is 26.2 Å². The summed E-state index contributed by atoms with van der Waals surface area (Å²) in [5.74, 6) is -0.215. The highest BCUT2D eigenvalue weighted by atomic mass is 16.5. The molecule has 0 unspecified atom stereocenters. The van der Waals surface area contributed by atoms with Crippen LogP contribution in [0.5, 0.6) is 0 Å². The van der Waals surface area contributed by atoms with E-state index >= 15 is 0 Å². The smallest absolute Gasteiger partial charge is 0.333 e. The maximum atomic E-state index is 11.3. The highest BCUT2D eigenvalue weighted by Gasteiger charge is 2.06. The third kappa shape index (κ3) is 5.18. The van der Waals surface area contributed by atoms with Crippen molar-refractivity contribution in [3.8, 4) is 0 Å². The van der Waals surface area contributed by atoms with E-state index in [9.17, 15) is 4.79 Å². The summed E-state index contributed by atoms with van der Waals surface area (Å²) in [5.41, 5.74) is 2.32. The van der Waals surface area contributed by atoms with Crippen molar-refractivity contribution < 1.29 is 9.53 Å². The summed E-state index contributed by atoms with van der Waals surface area (Å²) >= 11 is 0. The van der Waals surface area contributed by atoms with Gasteiger partial charge in [-0.25, -0.2) is 4.79 Å². The lowest BCUT2D eigenvalue weighted by Gasteiger charge is -2.05. The van der Waals surface area contributed by atoms with Gasteiger partial charge in [0.05, 0.1) is 7.11 Å². The number of ether oxygens (including phenoxy) is 1. The van der Waals surface area contributed by atoms with Gasteiger partial charge in [0.25, 0.3) is 0 Å². The standard InChI is InChI=1S/C14H23NO2/c1-3-13(14(16)17-2)9-11-15-10-8-12-6-4-5-7-12/h6,9,15H,3-5,7-8,10-11H2,1-2H3. The molecule has 1 rings (SSSR count). The fourth-order valence-corrected chi connectivity index (χ4v) is 2.01. The summed E-state index contributed by atoms with van der Waals surface area (Å²) < 4.78 is 4.70. The Labute approximate surface area is 104 Å². The molecule has 0 aromatic carbocycles. The molecule has 17 heavy (non-hydrogen) atoms. The van der Waals surface area contributed by atoms with E-state index < -0.39 is 0 Å². The van der Waals surface area contributed by atoms with Gasteiger partial charge >= 0.3 is 5.97 Å². The lowest BCUT2D eigenvalue weighted by molar-refractivity contribution is -0.136. The topological polar surface area (TPSA) is 38.3 Å². The van der Waals surface area contributed by atoms with E-state index in [2.05, 4.69) is 11.4 Å². The Morgan fingerprint density at radius 3 is 3.00 bits per heavy atom. The molecule has 1 N–H and O–H groups in total. The number of carbonyl (C=O) groups is 1. The van der Waals surface area contributed by atoms with E-state index in [0.717, 1.165) is 31.5 Å². The molecule has 0 aromatic heterocycles. The first-order valence-electron chi connectivity index (χ1n) is 6.44. The van der Waals surface area contributed by atoms with Crippen molar-refractivity contribution in [3.63, 3.8) is 0 Å². The van der Waals surface area contributed by atoms with E-state index in [4.69, 9.17) is 4.74 Å². The number of rotatable bonds is 7. The molecule has 1 aliphatic rings. The third-order valence-electron chi connectivity index (χ3n) is 3.08. The van der Waals surface area contributed by atoms with Crippen molar-refractivity contribution in [2.45, 2.75) is 39.0 Å². The van der Waals surface area contributed by atoms with E-state index in [0.29, 0.717) is 0 Å². The van der Waals surface area contributed by atoms with Gasteiger partial charge in [0.1, 0.15) is 0 Å². The minimum Gasteiger partial charge on any atom is -0.466 e. The summed E-state index contributed by atoms with van der Waals surface area (Å²) in [4.78, 5) is 11.3. The number of hydrogen-bond acceptors (Lipinski definition) is 3. The zero-order valence-electron chi connectivity index (χ0n) is 10.9. The second kappa shape index (κ2) is 8.07. The second-order valence-electron chi connectivity index (χ2n) is 4.28. The van der Waals surface area contributed by atoms with E-state index in [-0.39, 0.29) is 5.97 Å². The lowest BCUT2D eigenvalue weighted by atomic mass is 10.1. The number of hydrogen-bond donors (Lipinski definition) is 1. The molecule has 0 spiro atoms. The highest BCUT2D eigenvalue weighted by Crippen LogP contribution is 2.19. The molecule has 96 valence electrons. The first kappa shape index (κ1) is 14.0. The maximum Gasteiger partial charge on any atom is 0.333 e. The van der Waals surface area contributed by atoms with Gasteiger partial charge in [0, 0.05) is 12.1 Å². The zero-order valence-corrected chi connectivity index (χ0v) is 10.9. The minimum atomic E-state index is -0.215. The molecule has 1 aliphatic carbocycles. The molecule has 0 amide bonds. The summed E-state index contributed by atoms with van der Waals surface area (Å²) in [5, 5.41) is 3.33. The summed E-state index contributed by atoms with van der Waals surface area (Å²) in [6.45, 7) is 3.69. The Bertz CT molecular complexity index is 305. The summed E-state index contributed by atoms with van der Waals surface area (Å²) in [6, 6.07) is 0. The molecule has 3 heteroatoms. The largest absolute Gasteiger partial charge is 0.466 e. The third-order valence-corrected chi connectivity index (χ3v) is 3.08. The molecule has 0 aliphatic heterocycles. The van der Waals surface area contributed by atoms with Crippen LogP contribution in [0.4, 0.5) is 0 Å². The van der Waals surface area contributed by atoms with Crippen LogP contribution in [0.1, 0.15) is 39.0 Å². The first-order chi connectivity index (χ1) is 8.27. The molecule has 3 nitrogen and oxygen atoms in total. The van der Waals surface area contributed by atoms with Crippen molar-refractivity contribution in [2.24, 2.45) is 0 Å². The van der Waals surface area contributed by atoms with Gasteiger partial charge in [0.2, 0.25) is 0 Å². The van der Waals surface area contributed by atoms with Gasteiger partial charge in [-0.05, 0) is 38.6 Å². The predicted octanol–water partition coefficient (Wildman–Crippen LogP) is 2.59. The number of methoxy groups -OCH3 is 1. The van der Waals surface area contributed by atoms with E-state index in [1.807, 2.05) is 13.0 Å². The molecule has 0 heterocycles. The molecule has 0 radical (unpaired) electrons. The van der Waals surface area contributed by atoms with Crippen LogP contribution in [0.2, 0.25) is 0 Å². The van der Waals surface area contributed by atoms with Gasteiger partial charge < -0.3 is 10.1 Å². The molecule has 0 aromatic rings. The molecule has 0 saturated heterocycles. The van der Waals surface area contributed by atoms with Crippen LogP contribution < -0.4 is 5.32 Å². The average molecular weight is 237 g/mol. The van der Waals surface area contributed by atoms with Crippen LogP contribution in [-0.2, 0) is 9.53 Å². The van der Waals surface area contributed by atoms with Crippen molar-refractivity contribution in [2.75, 3.05) is 20.2 Å². The Morgan fingerprint density at radius 2 is 2.41 bits per heavy atom. The van der Waals surface area contributed by atoms with Crippen molar-refractivity contribution in [1.29, 1.82) is 0 Å². The maximum absolute atomic E-state index is 11.3. The normalized spacial score (nSPS) is 15.9. The van der Waals surface area contributed by atoms with E-state index in [1.165, 1.54) is 26.4 Å². The van der Waals surface area contributed by atoms with Gasteiger partial charge in [-0.15, -0.1) is 0 Å². The Morgan fingerprint density at radius 1 is 1.59 bits per heavy atom. The fraction of sp³-hybridized carbons (Fsp3) is 0.643. The van der Waals surface area contributed by atoms with Crippen LogP contribution >= 0.6 is 0 Å². The summed E-state index contributed by atoms with van der Waals surface area (Å²) in [7, 11) is 1.42. The van der Waals surface area contributed by atoms with Crippen LogP contribution in [0.15, 0.2) is 23.3 Å². The van der Waals surface area contributed by atoms with Gasteiger partial charge in [-0.3, -0.25) is 0 Å². The fourth-order valence-electron chi connectivity index (χ4n) is 2.01. The zero-order chi connectivity index (χ0) is 12.5. The second-order valence-corrected chi connectivity index (χ2v) is 4.28. The van der Waals surface area contributed by atoms with Crippen LogP contribution in [0.25, 0.3) is 0 Å². The first-order valence-corrected chi connectivity index (χ1v) is 6.44. The molecular weight excluding hydrogens is 214 g/mol. The van der Waals surface area contributed by atoms with Crippen LogP contribution in [0.3, 0.4) is 0 Å². The van der Waals surface area contributed by atoms with Crippen LogP contribution in [0, 0.1) is 0 Å². The quantitative estimate of drug-likeness (QED) is 0.320. The Hall–Kier alpha value is -1.09. The molecule has 0 bridgehead atoms. The Balaban J connectivity index is 2.16. The number of allylic oxidation sites excluding steroid dienone is 1. The molecular formula is C14H23NO2.